The van der Waals surface area contributed by atoms with Gasteiger partial charge < -0.3 is 4.90 Å². The van der Waals surface area contributed by atoms with Crippen LogP contribution in [0.1, 0.15) is 23.0 Å². The zero-order chi connectivity index (χ0) is 18.6. The van der Waals surface area contributed by atoms with Crippen molar-refractivity contribution in [2.24, 2.45) is 0 Å². The second-order valence-electron chi connectivity index (χ2n) is 6.50. The van der Waals surface area contributed by atoms with Crippen LogP contribution in [0.3, 0.4) is 0 Å². The first kappa shape index (κ1) is 17.0. The van der Waals surface area contributed by atoms with Gasteiger partial charge in [-0.2, -0.15) is 5.10 Å². The summed E-state index contributed by atoms with van der Waals surface area (Å²) >= 11 is 0. The van der Waals surface area contributed by atoms with Gasteiger partial charge in [0.05, 0.1) is 5.69 Å². The van der Waals surface area contributed by atoms with Gasteiger partial charge >= 0.3 is 0 Å². The molecule has 0 unspecified atom stereocenters. The number of carbonyl (C=O) groups excluding carboxylic acids is 1. The van der Waals surface area contributed by atoms with Gasteiger partial charge in [-0.15, -0.1) is 0 Å². The number of rotatable bonds is 5. The number of hydrogen-bond donors (Lipinski definition) is 1. The Morgan fingerprint density at radius 2 is 1.70 bits per heavy atom. The van der Waals surface area contributed by atoms with E-state index >= 15 is 0 Å². The van der Waals surface area contributed by atoms with Crippen LogP contribution in [0, 0.1) is 0 Å². The van der Waals surface area contributed by atoms with Crippen LogP contribution in [0.5, 0.6) is 0 Å². The van der Waals surface area contributed by atoms with Crippen molar-refractivity contribution < 1.29 is 4.79 Å². The summed E-state index contributed by atoms with van der Waals surface area (Å²) in [5.74, 6) is -0.0414. The third-order valence-corrected chi connectivity index (χ3v) is 4.76. The molecular weight excluding hydrogens is 334 g/mol. The molecule has 4 nitrogen and oxygen atoms in total. The minimum atomic E-state index is -0.0414. The van der Waals surface area contributed by atoms with Gasteiger partial charge in [0.2, 0.25) is 0 Å². The van der Waals surface area contributed by atoms with E-state index in [1.807, 2.05) is 72.5 Å². The van der Waals surface area contributed by atoms with E-state index in [0.717, 1.165) is 27.6 Å². The van der Waals surface area contributed by atoms with Crippen molar-refractivity contribution in [2.45, 2.75) is 13.5 Å². The van der Waals surface area contributed by atoms with Crippen molar-refractivity contribution in [3.8, 4) is 11.3 Å². The van der Waals surface area contributed by atoms with Gasteiger partial charge in [-0.1, -0.05) is 72.8 Å². The highest BCUT2D eigenvalue weighted by molar-refractivity contribution is 5.98. The van der Waals surface area contributed by atoms with E-state index in [1.165, 1.54) is 0 Å². The summed E-state index contributed by atoms with van der Waals surface area (Å²) < 4.78 is 0. The Morgan fingerprint density at radius 1 is 0.963 bits per heavy atom. The third kappa shape index (κ3) is 3.47. The molecule has 4 rings (SSSR count). The van der Waals surface area contributed by atoms with Gasteiger partial charge in [-0.3, -0.25) is 9.89 Å². The number of carbonyl (C=O) groups is 1. The van der Waals surface area contributed by atoms with Gasteiger partial charge in [0.15, 0.2) is 0 Å². The second-order valence-corrected chi connectivity index (χ2v) is 6.50. The third-order valence-electron chi connectivity index (χ3n) is 4.76. The number of aromatic nitrogens is 2. The maximum absolute atomic E-state index is 12.9. The monoisotopic (exact) mass is 355 g/mol. The fourth-order valence-electron chi connectivity index (χ4n) is 3.32. The standard InChI is InChI=1S/C23H21N3O/c1-2-26(16-17-9-4-3-5-10-17)23(27)22-15-21(24-25-22)20-14-8-12-18-11-6-7-13-19(18)20/h3-15H,2,16H2,1H3,(H,24,25). The summed E-state index contributed by atoms with van der Waals surface area (Å²) in [6.45, 7) is 3.21. The highest BCUT2D eigenvalue weighted by atomic mass is 16.2. The molecular formula is C23H21N3O. The van der Waals surface area contributed by atoms with Crippen LogP contribution in [0.2, 0.25) is 0 Å². The summed E-state index contributed by atoms with van der Waals surface area (Å²) in [6.07, 6.45) is 0. The molecule has 1 amide bonds. The van der Waals surface area contributed by atoms with E-state index in [9.17, 15) is 4.79 Å². The molecule has 1 N–H and O–H groups in total. The molecule has 4 aromatic rings. The van der Waals surface area contributed by atoms with Crippen LogP contribution in [-0.2, 0) is 6.54 Å². The van der Waals surface area contributed by atoms with E-state index in [0.29, 0.717) is 18.8 Å². The Bertz CT molecular complexity index is 1060. The van der Waals surface area contributed by atoms with Crippen LogP contribution >= 0.6 is 0 Å². The highest BCUT2D eigenvalue weighted by Gasteiger charge is 2.18. The summed E-state index contributed by atoms with van der Waals surface area (Å²) in [6, 6.07) is 26.2. The average molecular weight is 355 g/mol. The largest absolute Gasteiger partial charge is 0.333 e. The van der Waals surface area contributed by atoms with Crippen LogP contribution in [-0.4, -0.2) is 27.5 Å². The lowest BCUT2D eigenvalue weighted by Crippen LogP contribution is -2.30. The lowest BCUT2D eigenvalue weighted by atomic mass is 10.0. The Kier molecular flexibility index (Phi) is 4.71. The molecule has 3 aromatic carbocycles. The van der Waals surface area contributed by atoms with Crippen molar-refractivity contribution in [2.75, 3.05) is 6.54 Å². The van der Waals surface area contributed by atoms with E-state index in [-0.39, 0.29) is 5.91 Å². The van der Waals surface area contributed by atoms with Crippen molar-refractivity contribution >= 4 is 16.7 Å². The molecule has 0 saturated heterocycles. The van der Waals surface area contributed by atoms with Crippen LogP contribution in [0.25, 0.3) is 22.0 Å². The number of benzene rings is 3. The lowest BCUT2D eigenvalue weighted by molar-refractivity contribution is 0.0746. The van der Waals surface area contributed by atoms with Crippen LogP contribution in [0.4, 0.5) is 0 Å². The van der Waals surface area contributed by atoms with E-state index in [1.54, 1.807) is 0 Å². The van der Waals surface area contributed by atoms with Gasteiger partial charge in [0.1, 0.15) is 5.69 Å². The van der Waals surface area contributed by atoms with Crippen LogP contribution < -0.4 is 0 Å². The number of nitrogens with zero attached hydrogens (tertiary/aromatic N) is 2. The van der Waals surface area contributed by atoms with E-state index < -0.39 is 0 Å². The number of nitrogens with one attached hydrogen (secondary N) is 1. The lowest BCUT2D eigenvalue weighted by Gasteiger charge is -2.20. The zero-order valence-corrected chi connectivity index (χ0v) is 15.2. The van der Waals surface area contributed by atoms with Gasteiger partial charge in [-0.05, 0) is 29.3 Å². The molecule has 0 bridgehead atoms. The maximum atomic E-state index is 12.9. The molecule has 0 aliphatic rings. The number of fused-ring (bicyclic) bond motifs is 1. The molecule has 0 aliphatic heterocycles. The smallest absolute Gasteiger partial charge is 0.272 e. The fraction of sp³-hybridized carbons (Fsp3) is 0.130. The van der Waals surface area contributed by atoms with Gasteiger partial charge in [-0.25, -0.2) is 0 Å². The molecule has 0 saturated carbocycles. The molecule has 0 spiro atoms. The highest BCUT2D eigenvalue weighted by Crippen LogP contribution is 2.27. The number of amides is 1. The Hall–Kier alpha value is -3.40. The molecule has 134 valence electrons. The van der Waals surface area contributed by atoms with Crippen molar-refractivity contribution in [3.63, 3.8) is 0 Å². The molecule has 0 aliphatic carbocycles. The molecule has 0 radical (unpaired) electrons. The molecule has 27 heavy (non-hydrogen) atoms. The van der Waals surface area contributed by atoms with Crippen molar-refractivity contribution in [1.29, 1.82) is 0 Å². The summed E-state index contributed by atoms with van der Waals surface area (Å²) in [4.78, 5) is 14.8. The molecule has 1 heterocycles. The van der Waals surface area contributed by atoms with Gasteiger partial charge in [0.25, 0.3) is 5.91 Å². The average Bonchev–Trinajstić information content (AvgIpc) is 3.22. The molecule has 1 aromatic heterocycles. The topological polar surface area (TPSA) is 49.0 Å². The first-order chi connectivity index (χ1) is 13.3. The number of hydrogen-bond acceptors (Lipinski definition) is 2. The minimum absolute atomic E-state index is 0.0414. The normalized spacial score (nSPS) is 10.9. The molecule has 0 atom stereocenters. The first-order valence-corrected chi connectivity index (χ1v) is 9.13. The molecule has 4 heteroatoms. The quantitative estimate of drug-likeness (QED) is 0.554. The predicted molar refractivity (Wildman–Crippen MR) is 108 cm³/mol. The van der Waals surface area contributed by atoms with E-state index in [4.69, 9.17) is 0 Å². The number of aromatic amines is 1. The Labute approximate surface area is 158 Å². The summed E-state index contributed by atoms with van der Waals surface area (Å²) in [7, 11) is 0. The summed E-state index contributed by atoms with van der Waals surface area (Å²) in [5.41, 5.74) is 3.43. The fourth-order valence-corrected chi connectivity index (χ4v) is 3.32. The first-order valence-electron chi connectivity index (χ1n) is 9.13. The predicted octanol–water partition coefficient (Wildman–Crippen LogP) is 4.89. The van der Waals surface area contributed by atoms with Crippen LogP contribution in [0.15, 0.2) is 78.9 Å². The minimum Gasteiger partial charge on any atom is -0.333 e. The van der Waals surface area contributed by atoms with E-state index in [2.05, 4.69) is 28.4 Å². The van der Waals surface area contributed by atoms with Crippen molar-refractivity contribution in [3.05, 3.63) is 90.1 Å². The number of H-pyrrole nitrogens is 1. The maximum Gasteiger partial charge on any atom is 0.272 e. The Balaban J connectivity index is 1.62. The SMILES string of the molecule is CCN(Cc1ccccc1)C(=O)c1cc(-c2cccc3ccccc23)n[nH]1. The molecule has 0 fully saturated rings. The second kappa shape index (κ2) is 7.46. The summed E-state index contributed by atoms with van der Waals surface area (Å²) in [5, 5.41) is 9.62. The zero-order valence-electron chi connectivity index (χ0n) is 15.2. The van der Waals surface area contributed by atoms with Crippen molar-refractivity contribution in [1.82, 2.24) is 15.1 Å². The van der Waals surface area contributed by atoms with Gasteiger partial charge in [0, 0.05) is 18.7 Å². The Morgan fingerprint density at radius 3 is 2.52 bits per heavy atom.